The van der Waals surface area contributed by atoms with Gasteiger partial charge < -0.3 is 9.47 Å². The number of hydrogen-bond acceptors (Lipinski definition) is 3. The average molecular weight is 153 g/mol. The fourth-order valence-corrected chi connectivity index (χ4v) is 0.582. The van der Waals surface area contributed by atoms with Crippen LogP contribution in [-0.2, 0) is 9.47 Å². The van der Waals surface area contributed by atoms with E-state index in [1.807, 2.05) is 6.07 Å². The van der Waals surface area contributed by atoms with Crippen LogP contribution < -0.4 is 0 Å². The highest BCUT2D eigenvalue weighted by molar-refractivity contribution is 5.12. The highest BCUT2D eigenvalue weighted by Crippen LogP contribution is 2.06. The van der Waals surface area contributed by atoms with Crippen LogP contribution in [0.4, 0.5) is 0 Å². The summed E-state index contributed by atoms with van der Waals surface area (Å²) in [7, 11) is 1.52. The maximum absolute atomic E-state index is 8.18. The van der Waals surface area contributed by atoms with Crippen molar-refractivity contribution in [1.82, 2.24) is 0 Å². The van der Waals surface area contributed by atoms with Gasteiger partial charge in [-0.15, -0.1) is 0 Å². The van der Waals surface area contributed by atoms with Crippen molar-refractivity contribution in [3.8, 4) is 6.07 Å². The lowest BCUT2D eigenvalue weighted by atomic mass is 10.4. The molecule has 0 amide bonds. The van der Waals surface area contributed by atoms with E-state index in [1.165, 1.54) is 13.2 Å². The summed E-state index contributed by atoms with van der Waals surface area (Å²) in [6.07, 6.45) is 1.53. The molecule has 0 saturated carbocycles. The molecule has 0 aliphatic heterocycles. The minimum Gasteiger partial charge on any atom is -0.493 e. The Morgan fingerprint density at radius 2 is 2.36 bits per heavy atom. The van der Waals surface area contributed by atoms with Gasteiger partial charge in [0.2, 0.25) is 0 Å². The third-order valence-corrected chi connectivity index (χ3v) is 1.11. The summed E-state index contributed by atoms with van der Waals surface area (Å²) in [5, 5.41) is 8.18. The molecule has 0 N–H and O–H groups in total. The van der Waals surface area contributed by atoms with Crippen LogP contribution >= 0.6 is 0 Å². The smallest absolute Gasteiger partial charge is 0.174 e. The second-order valence-electron chi connectivity index (χ2n) is 1.78. The molecular weight excluding hydrogens is 142 g/mol. The van der Waals surface area contributed by atoms with Gasteiger partial charge in [-0.3, -0.25) is 0 Å². The molecule has 0 heterocycles. The van der Waals surface area contributed by atoms with Gasteiger partial charge in [0.25, 0.3) is 0 Å². The Kier molecular flexibility index (Phi) is 4.67. The van der Waals surface area contributed by atoms with Gasteiger partial charge in [-0.1, -0.05) is 6.58 Å². The van der Waals surface area contributed by atoms with Gasteiger partial charge in [-0.25, -0.2) is 0 Å². The number of rotatable bonds is 4. The molecule has 0 aromatic carbocycles. The summed E-state index contributed by atoms with van der Waals surface area (Å²) in [5.74, 6) is 1.13. The molecular formula is C8H11NO2. The van der Waals surface area contributed by atoms with Gasteiger partial charge in [-0.05, 0) is 13.0 Å². The van der Waals surface area contributed by atoms with E-state index in [9.17, 15) is 0 Å². The number of hydrogen-bond donors (Lipinski definition) is 0. The number of allylic oxidation sites excluding steroid dienone is 2. The van der Waals surface area contributed by atoms with Crippen molar-refractivity contribution in [1.29, 1.82) is 5.26 Å². The van der Waals surface area contributed by atoms with Crippen LogP contribution in [0.15, 0.2) is 24.2 Å². The van der Waals surface area contributed by atoms with Crippen molar-refractivity contribution in [3.63, 3.8) is 0 Å². The summed E-state index contributed by atoms with van der Waals surface area (Å²) < 4.78 is 9.84. The maximum Gasteiger partial charge on any atom is 0.174 e. The molecule has 0 bridgehead atoms. The monoisotopic (exact) mass is 153 g/mol. The summed E-state index contributed by atoms with van der Waals surface area (Å²) in [5.41, 5.74) is 0. The molecule has 0 rings (SSSR count). The molecule has 0 aromatic rings. The molecule has 60 valence electrons. The Labute approximate surface area is 66.5 Å². The molecule has 3 heteroatoms. The van der Waals surface area contributed by atoms with Gasteiger partial charge in [0.1, 0.15) is 11.8 Å². The predicted octanol–water partition coefficient (Wildman–Crippen LogP) is 1.59. The van der Waals surface area contributed by atoms with Crippen LogP contribution in [0.1, 0.15) is 6.92 Å². The van der Waals surface area contributed by atoms with Crippen molar-refractivity contribution in [2.24, 2.45) is 0 Å². The van der Waals surface area contributed by atoms with Crippen molar-refractivity contribution in [2.75, 3.05) is 13.7 Å². The van der Waals surface area contributed by atoms with Crippen LogP contribution in [0, 0.1) is 11.3 Å². The van der Waals surface area contributed by atoms with E-state index in [0.717, 1.165) is 0 Å². The summed E-state index contributed by atoms with van der Waals surface area (Å²) in [6, 6.07) is 1.86. The van der Waals surface area contributed by atoms with Gasteiger partial charge >= 0.3 is 0 Å². The summed E-state index contributed by atoms with van der Waals surface area (Å²) in [6.45, 7) is 5.27. The number of ether oxygens (including phenoxy) is 2. The SMILES string of the molecule is C=C/C(OC)=C(\C)OCC#N. The van der Waals surface area contributed by atoms with E-state index in [-0.39, 0.29) is 6.61 Å². The van der Waals surface area contributed by atoms with E-state index in [0.29, 0.717) is 11.5 Å². The highest BCUT2D eigenvalue weighted by Gasteiger charge is 1.97. The Balaban J connectivity index is 4.13. The summed E-state index contributed by atoms with van der Waals surface area (Å²) in [4.78, 5) is 0. The Morgan fingerprint density at radius 1 is 1.73 bits per heavy atom. The van der Waals surface area contributed by atoms with E-state index < -0.39 is 0 Å². The van der Waals surface area contributed by atoms with Crippen LogP contribution in [0.3, 0.4) is 0 Å². The molecule has 0 unspecified atom stereocenters. The number of methoxy groups -OCH3 is 1. The van der Waals surface area contributed by atoms with Crippen LogP contribution in [0.5, 0.6) is 0 Å². The first-order valence-electron chi connectivity index (χ1n) is 3.13. The number of nitrogens with zero attached hydrogens (tertiary/aromatic N) is 1. The molecule has 3 nitrogen and oxygen atoms in total. The Bertz CT molecular complexity index is 201. The fourth-order valence-electron chi connectivity index (χ4n) is 0.582. The van der Waals surface area contributed by atoms with Gasteiger partial charge in [-0.2, -0.15) is 5.26 Å². The second kappa shape index (κ2) is 5.36. The third kappa shape index (κ3) is 3.31. The molecule has 0 spiro atoms. The topological polar surface area (TPSA) is 42.2 Å². The molecule has 0 radical (unpaired) electrons. The van der Waals surface area contributed by atoms with Crippen LogP contribution in [0.2, 0.25) is 0 Å². The van der Waals surface area contributed by atoms with Crippen molar-refractivity contribution < 1.29 is 9.47 Å². The zero-order chi connectivity index (χ0) is 8.69. The van der Waals surface area contributed by atoms with E-state index >= 15 is 0 Å². The third-order valence-electron chi connectivity index (χ3n) is 1.11. The Morgan fingerprint density at radius 3 is 2.73 bits per heavy atom. The second-order valence-corrected chi connectivity index (χ2v) is 1.78. The lowest BCUT2D eigenvalue weighted by molar-refractivity contribution is 0.210. The van der Waals surface area contributed by atoms with Crippen LogP contribution in [0.25, 0.3) is 0 Å². The predicted molar refractivity (Wildman–Crippen MR) is 41.5 cm³/mol. The molecule has 0 aromatic heterocycles. The minimum atomic E-state index is 0.0343. The van der Waals surface area contributed by atoms with Crippen LogP contribution in [-0.4, -0.2) is 13.7 Å². The first-order valence-corrected chi connectivity index (χ1v) is 3.13. The van der Waals surface area contributed by atoms with E-state index in [2.05, 4.69) is 6.58 Å². The van der Waals surface area contributed by atoms with E-state index in [4.69, 9.17) is 14.7 Å². The molecule has 0 atom stereocenters. The molecule has 0 fully saturated rings. The minimum absolute atomic E-state index is 0.0343. The largest absolute Gasteiger partial charge is 0.493 e. The standard InChI is InChI=1S/C8H11NO2/c1-4-8(10-3)7(2)11-6-5-9/h4H,1,6H2,2-3H3/b8-7-. The highest BCUT2D eigenvalue weighted by atomic mass is 16.5. The lowest BCUT2D eigenvalue weighted by Gasteiger charge is -2.05. The van der Waals surface area contributed by atoms with Crippen molar-refractivity contribution in [2.45, 2.75) is 6.92 Å². The quantitative estimate of drug-likeness (QED) is 0.455. The zero-order valence-electron chi connectivity index (χ0n) is 6.76. The average Bonchev–Trinajstić information content (AvgIpc) is 2.03. The van der Waals surface area contributed by atoms with Gasteiger partial charge in [0.05, 0.1) is 7.11 Å². The molecule has 0 aliphatic carbocycles. The Hall–Kier alpha value is -1.43. The first-order chi connectivity index (χ1) is 5.26. The van der Waals surface area contributed by atoms with Crippen molar-refractivity contribution >= 4 is 0 Å². The molecule has 11 heavy (non-hydrogen) atoms. The van der Waals surface area contributed by atoms with E-state index in [1.54, 1.807) is 6.92 Å². The number of nitriles is 1. The molecule has 0 aliphatic rings. The fraction of sp³-hybridized carbons (Fsp3) is 0.375. The van der Waals surface area contributed by atoms with Gasteiger partial charge in [0, 0.05) is 0 Å². The normalized spacial score (nSPS) is 11.0. The first kappa shape index (κ1) is 9.57. The van der Waals surface area contributed by atoms with Gasteiger partial charge in [0.15, 0.2) is 12.4 Å². The lowest BCUT2D eigenvalue weighted by Crippen LogP contribution is -1.94. The molecule has 0 saturated heterocycles. The van der Waals surface area contributed by atoms with Crippen molar-refractivity contribution in [3.05, 3.63) is 24.2 Å². The maximum atomic E-state index is 8.18. The summed E-state index contributed by atoms with van der Waals surface area (Å²) >= 11 is 0. The zero-order valence-corrected chi connectivity index (χ0v) is 6.76.